The lowest BCUT2D eigenvalue weighted by Crippen LogP contribution is -2.45. The van der Waals surface area contributed by atoms with Crippen molar-refractivity contribution in [2.75, 3.05) is 19.6 Å². The monoisotopic (exact) mass is 367 g/mol. The minimum absolute atomic E-state index is 0.0596. The van der Waals surface area contributed by atoms with Crippen LogP contribution in [-0.4, -0.2) is 45.2 Å². The second-order valence-corrected chi connectivity index (χ2v) is 6.88. The van der Waals surface area contributed by atoms with E-state index in [4.69, 9.17) is 0 Å². The number of fused-ring (bicyclic) bond motifs is 1. The van der Waals surface area contributed by atoms with Gasteiger partial charge in [-0.3, -0.25) is 4.40 Å². The molecule has 2 aromatic heterocycles. The zero-order valence-electron chi connectivity index (χ0n) is 15.0. The number of rotatable bonds is 4. The molecule has 140 valence electrons. The Bertz CT molecular complexity index is 924. The Hall–Kier alpha value is -2.96. The maximum Gasteiger partial charge on any atom is 0.317 e. The van der Waals surface area contributed by atoms with Gasteiger partial charge in [0.1, 0.15) is 11.6 Å². The Labute approximate surface area is 157 Å². The Morgan fingerprint density at radius 1 is 1.19 bits per heavy atom. The van der Waals surface area contributed by atoms with Gasteiger partial charge >= 0.3 is 6.03 Å². The first-order valence-corrected chi connectivity index (χ1v) is 9.27. The average Bonchev–Trinajstić information content (AvgIpc) is 3.14. The summed E-state index contributed by atoms with van der Waals surface area (Å²) < 4.78 is 14.9. The molecule has 1 aliphatic rings. The van der Waals surface area contributed by atoms with Gasteiger partial charge in [0.2, 0.25) is 0 Å². The maximum atomic E-state index is 12.9. The lowest BCUT2D eigenvalue weighted by atomic mass is 9.97. The first-order valence-electron chi connectivity index (χ1n) is 9.27. The molecule has 0 spiro atoms. The van der Waals surface area contributed by atoms with Gasteiger partial charge in [0.15, 0.2) is 5.65 Å². The smallest absolute Gasteiger partial charge is 0.317 e. The summed E-state index contributed by atoms with van der Waals surface area (Å²) in [6.07, 6.45) is 4.58. The molecule has 1 aliphatic heterocycles. The summed E-state index contributed by atoms with van der Waals surface area (Å²) >= 11 is 0. The molecule has 3 aromatic rings. The normalized spacial score (nSPS) is 17.2. The van der Waals surface area contributed by atoms with E-state index in [0.717, 1.165) is 36.4 Å². The van der Waals surface area contributed by atoms with Gasteiger partial charge in [0, 0.05) is 31.7 Å². The van der Waals surface area contributed by atoms with Gasteiger partial charge in [0.05, 0.1) is 0 Å². The molecule has 0 unspecified atom stereocenters. The summed E-state index contributed by atoms with van der Waals surface area (Å²) in [5.74, 6) is 0.844. The maximum absolute atomic E-state index is 12.9. The molecule has 1 saturated heterocycles. The van der Waals surface area contributed by atoms with Crippen molar-refractivity contribution in [2.45, 2.75) is 25.2 Å². The summed E-state index contributed by atoms with van der Waals surface area (Å²) in [6.45, 7) is 1.91. The Balaban J connectivity index is 1.35. The van der Waals surface area contributed by atoms with E-state index in [2.05, 4.69) is 15.5 Å². The van der Waals surface area contributed by atoms with Crippen LogP contribution in [0.5, 0.6) is 0 Å². The van der Waals surface area contributed by atoms with E-state index in [9.17, 15) is 9.18 Å². The number of carbonyl (C=O) groups excluding carboxylic acids is 1. The van der Waals surface area contributed by atoms with Crippen LogP contribution in [-0.2, 0) is 6.42 Å². The second kappa shape index (κ2) is 7.73. The van der Waals surface area contributed by atoms with Crippen molar-refractivity contribution in [3.8, 4) is 0 Å². The Kier molecular flexibility index (Phi) is 5.00. The highest BCUT2D eigenvalue weighted by Gasteiger charge is 2.27. The van der Waals surface area contributed by atoms with Crippen molar-refractivity contribution in [1.82, 2.24) is 24.8 Å². The molecule has 1 atom stereocenters. The highest BCUT2D eigenvalue weighted by Crippen LogP contribution is 2.26. The van der Waals surface area contributed by atoms with Crippen LogP contribution in [0.15, 0.2) is 48.7 Å². The van der Waals surface area contributed by atoms with Gasteiger partial charge in [-0.05, 0) is 49.1 Å². The van der Waals surface area contributed by atoms with E-state index in [1.54, 1.807) is 12.1 Å². The minimum atomic E-state index is -0.247. The molecule has 1 aromatic carbocycles. The third-order valence-corrected chi connectivity index (χ3v) is 5.02. The van der Waals surface area contributed by atoms with Crippen LogP contribution >= 0.6 is 0 Å². The van der Waals surface area contributed by atoms with E-state index < -0.39 is 0 Å². The number of nitrogens with zero attached hydrogens (tertiary/aromatic N) is 4. The number of carbonyl (C=O) groups is 1. The molecule has 6 nitrogen and oxygen atoms in total. The van der Waals surface area contributed by atoms with Crippen molar-refractivity contribution in [3.05, 3.63) is 65.9 Å². The molecule has 0 radical (unpaired) electrons. The van der Waals surface area contributed by atoms with Crippen molar-refractivity contribution in [2.24, 2.45) is 0 Å². The first kappa shape index (κ1) is 17.5. The average molecular weight is 367 g/mol. The number of benzene rings is 1. The van der Waals surface area contributed by atoms with Crippen LogP contribution in [0.25, 0.3) is 5.65 Å². The highest BCUT2D eigenvalue weighted by atomic mass is 19.1. The Morgan fingerprint density at radius 2 is 2.04 bits per heavy atom. The van der Waals surface area contributed by atoms with Crippen LogP contribution in [0.3, 0.4) is 0 Å². The molecule has 0 saturated carbocycles. The van der Waals surface area contributed by atoms with Gasteiger partial charge in [-0.1, -0.05) is 18.2 Å². The second-order valence-electron chi connectivity index (χ2n) is 6.88. The zero-order chi connectivity index (χ0) is 18.6. The van der Waals surface area contributed by atoms with Gasteiger partial charge in [-0.2, -0.15) is 0 Å². The molecule has 3 heterocycles. The van der Waals surface area contributed by atoms with Crippen molar-refractivity contribution >= 4 is 11.7 Å². The van der Waals surface area contributed by atoms with Gasteiger partial charge in [0.25, 0.3) is 0 Å². The molecule has 2 amide bonds. The molecular weight excluding hydrogens is 345 g/mol. The number of amides is 2. The third kappa shape index (κ3) is 3.92. The SMILES string of the molecule is O=C(NCCc1ccc(F)cc1)N1CCC[C@@H](c2nnc3ccccn23)C1. The molecule has 4 rings (SSSR count). The number of piperidine rings is 1. The lowest BCUT2D eigenvalue weighted by Gasteiger charge is -2.32. The highest BCUT2D eigenvalue weighted by molar-refractivity contribution is 5.74. The van der Waals surface area contributed by atoms with E-state index in [0.29, 0.717) is 19.5 Å². The summed E-state index contributed by atoms with van der Waals surface area (Å²) in [5, 5.41) is 11.5. The number of pyridine rings is 1. The number of likely N-dealkylation sites (tertiary alicyclic amines) is 1. The fourth-order valence-corrected chi connectivity index (χ4v) is 3.59. The third-order valence-electron chi connectivity index (χ3n) is 5.02. The number of urea groups is 1. The van der Waals surface area contributed by atoms with Gasteiger partial charge in [-0.15, -0.1) is 10.2 Å². The number of halogens is 1. The van der Waals surface area contributed by atoms with E-state index >= 15 is 0 Å². The minimum Gasteiger partial charge on any atom is -0.338 e. The molecule has 7 heteroatoms. The molecular formula is C20H22FN5O. The number of hydrogen-bond acceptors (Lipinski definition) is 3. The fourth-order valence-electron chi connectivity index (χ4n) is 3.59. The van der Waals surface area contributed by atoms with Crippen LogP contribution in [0.4, 0.5) is 9.18 Å². The van der Waals surface area contributed by atoms with E-state index in [1.807, 2.05) is 33.7 Å². The Morgan fingerprint density at radius 3 is 2.89 bits per heavy atom. The molecule has 1 N–H and O–H groups in total. The molecule has 0 bridgehead atoms. The molecule has 1 fully saturated rings. The van der Waals surface area contributed by atoms with Crippen molar-refractivity contribution in [1.29, 1.82) is 0 Å². The molecule has 27 heavy (non-hydrogen) atoms. The van der Waals surface area contributed by atoms with Gasteiger partial charge in [-0.25, -0.2) is 9.18 Å². The van der Waals surface area contributed by atoms with Gasteiger partial charge < -0.3 is 10.2 Å². The van der Waals surface area contributed by atoms with Crippen LogP contribution in [0.1, 0.15) is 30.1 Å². The van der Waals surface area contributed by atoms with Crippen LogP contribution in [0.2, 0.25) is 0 Å². The fraction of sp³-hybridized carbons (Fsp3) is 0.350. The number of nitrogens with one attached hydrogen (secondary N) is 1. The predicted molar refractivity (Wildman–Crippen MR) is 100 cm³/mol. The van der Waals surface area contributed by atoms with Crippen LogP contribution in [0, 0.1) is 5.82 Å². The lowest BCUT2D eigenvalue weighted by molar-refractivity contribution is 0.178. The molecule has 0 aliphatic carbocycles. The summed E-state index contributed by atoms with van der Waals surface area (Å²) in [6, 6.07) is 12.1. The summed E-state index contributed by atoms with van der Waals surface area (Å²) in [4.78, 5) is 14.4. The quantitative estimate of drug-likeness (QED) is 0.771. The number of aromatic nitrogens is 3. The standard InChI is InChI=1S/C20H22FN5O/c21-17-8-6-15(7-9-17)10-11-22-20(27)25-12-3-4-16(14-25)19-24-23-18-5-1-2-13-26(18)19/h1-2,5-9,13,16H,3-4,10-12,14H2,(H,22,27)/t16-/m1/s1. The van der Waals surface area contributed by atoms with Crippen molar-refractivity contribution in [3.63, 3.8) is 0 Å². The number of hydrogen-bond donors (Lipinski definition) is 1. The zero-order valence-corrected chi connectivity index (χ0v) is 15.0. The summed E-state index contributed by atoms with van der Waals surface area (Å²) in [5.41, 5.74) is 1.83. The van der Waals surface area contributed by atoms with E-state index in [1.165, 1.54) is 12.1 Å². The van der Waals surface area contributed by atoms with E-state index in [-0.39, 0.29) is 17.8 Å². The topological polar surface area (TPSA) is 62.5 Å². The predicted octanol–water partition coefficient (Wildman–Crippen LogP) is 3.00. The summed E-state index contributed by atoms with van der Waals surface area (Å²) in [7, 11) is 0. The van der Waals surface area contributed by atoms with Crippen LogP contribution < -0.4 is 5.32 Å². The first-order chi connectivity index (χ1) is 13.2. The largest absolute Gasteiger partial charge is 0.338 e. The van der Waals surface area contributed by atoms with Crippen molar-refractivity contribution < 1.29 is 9.18 Å².